The molecule has 2 heterocycles. The zero-order valence-corrected chi connectivity index (χ0v) is 20.5. The van der Waals surface area contributed by atoms with E-state index in [0.29, 0.717) is 21.9 Å². The molecule has 0 spiro atoms. The highest BCUT2D eigenvalue weighted by atomic mass is 16.3. The second kappa shape index (κ2) is 8.27. The minimum absolute atomic E-state index is 0.0741. The van der Waals surface area contributed by atoms with Gasteiger partial charge in [0.1, 0.15) is 11.5 Å². The van der Waals surface area contributed by atoms with E-state index >= 15 is 0 Å². The lowest BCUT2D eigenvalue weighted by Crippen LogP contribution is -2.44. The maximum absolute atomic E-state index is 13.6. The van der Waals surface area contributed by atoms with Crippen molar-refractivity contribution in [1.82, 2.24) is 9.80 Å². The molecule has 2 atom stereocenters. The van der Waals surface area contributed by atoms with E-state index in [1.54, 1.807) is 38.1 Å². The van der Waals surface area contributed by atoms with E-state index in [0.717, 1.165) is 9.80 Å². The summed E-state index contributed by atoms with van der Waals surface area (Å²) >= 11 is 0. The SMILES string of the molecule is CC(c1ccc(O)cc1)N1C(=O)c2ccc3c4c(ccc(c24)C1=O)C(=O)N(C(C)c1ccc(O)cc1)C3=O. The number of benzene rings is 4. The van der Waals surface area contributed by atoms with Crippen LogP contribution in [-0.2, 0) is 0 Å². The quantitative estimate of drug-likeness (QED) is 0.378. The van der Waals surface area contributed by atoms with Gasteiger partial charge >= 0.3 is 0 Å². The van der Waals surface area contributed by atoms with Crippen molar-refractivity contribution in [2.45, 2.75) is 25.9 Å². The molecule has 188 valence electrons. The molecule has 6 rings (SSSR count). The molecular weight excluding hydrogens is 484 g/mol. The molecule has 2 aliphatic rings. The minimum atomic E-state index is -0.615. The lowest BCUT2D eigenvalue weighted by molar-refractivity contribution is 0.0527. The van der Waals surface area contributed by atoms with Crippen LogP contribution in [0.15, 0.2) is 72.8 Å². The van der Waals surface area contributed by atoms with Gasteiger partial charge in [-0.05, 0) is 73.5 Å². The molecule has 0 bridgehead atoms. The largest absolute Gasteiger partial charge is 0.508 e. The first-order chi connectivity index (χ1) is 18.2. The van der Waals surface area contributed by atoms with Crippen LogP contribution in [0.3, 0.4) is 0 Å². The van der Waals surface area contributed by atoms with Crippen LogP contribution in [-0.4, -0.2) is 43.6 Å². The Labute approximate surface area is 217 Å². The van der Waals surface area contributed by atoms with E-state index in [2.05, 4.69) is 0 Å². The van der Waals surface area contributed by atoms with E-state index in [-0.39, 0.29) is 33.8 Å². The van der Waals surface area contributed by atoms with Crippen molar-refractivity contribution in [2.24, 2.45) is 0 Å². The molecule has 2 unspecified atom stereocenters. The number of hydrogen-bond acceptors (Lipinski definition) is 6. The van der Waals surface area contributed by atoms with Gasteiger partial charge in [-0.3, -0.25) is 29.0 Å². The smallest absolute Gasteiger partial charge is 0.261 e. The van der Waals surface area contributed by atoms with Crippen LogP contribution in [0.2, 0.25) is 0 Å². The van der Waals surface area contributed by atoms with Gasteiger partial charge in [-0.25, -0.2) is 0 Å². The highest BCUT2D eigenvalue weighted by Gasteiger charge is 2.42. The molecule has 0 aromatic heterocycles. The lowest BCUT2D eigenvalue weighted by Gasteiger charge is -2.36. The van der Waals surface area contributed by atoms with Gasteiger partial charge in [-0.15, -0.1) is 0 Å². The van der Waals surface area contributed by atoms with Gasteiger partial charge in [-0.2, -0.15) is 0 Å². The Hall–Kier alpha value is -4.98. The predicted octanol–water partition coefficient (Wildman–Crippen LogP) is 4.97. The third-order valence-corrected chi connectivity index (χ3v) is 7.48. The molecule has 8 nitrogen and oxygen atoms in total. The van der Waals surface area contributed by atoms with E-state index in [4.69, 9.17) is 0 Å². The summed E-state index contributed by atoms with van der Waals surface area (Å²) in [6, 6.07) is 17.5. The van der Waals surface area contributed by atoms with Crippen molar-refractivity contribution >= 4 is 34.4 Å². The number of carbonyl (C=O) groups is 4. The van der Waals surface area contributed by atoms with Crippen LogP contribution in [0.1, 0.15) is 78.5 Å². The number of hydrogen-bond donors (Lipinski definition) is 2. The van der Waals surface area contributed by atoms with Crippen molar-refractivity contribution in [3.8, 4) is 11.5 Å². The Bertz CT molecular complexity index is 1490. The number of phenolic OH excluding ortho intramolecular Hbond substituents is 2. The summed E-state index contributed by atoms with van der Waals surface area (Å²) in [6.07, 6.45) is 0. The van der Waals surface area contributed by atoms with Crippen molar-refractivity contribution in [1.29, 1.82) is 0 Å². The number of amides is 4. The van der Waals surface area contributed by atoms with Crippen LogP contribution in [0.5, 0.6) is 11.5 Å². The zero-order chi connectivity index (χ0) is 26.9. The third-order valence-electron chi connectivity index (χ3n) is 7.48. The summed E-state index contributed by atoms with van der Waals surface area (Å²) in [4.78, 5) is 56.8. The standard InChI is InChI=1S/C30H22N2O6/c1-15(17-3-7-19(33)8-4-17)31-27(35)21-11-13-23-26-24(14-12-22(25(21)26)28(31)36)30(38)32(29(23)37)16(2)18-5-9-20(34)10-6-18/h3-16,33-34H,1-2H3. The molecule has 0 fully saturated rings. The molecule has 8 heteroatoms. The first-order valence-electron chi connectivity index (χ1n) is 12.1. The van der Waals surface area contributed by atoms with Gasteiger partial charge < -0.3 is 10.2 Å². The van der Waals surface area contributed by atoms with Crippen LogP contribution < -0.4 is 0 Å². The highest BCUT2D eigenvalue weighted by Crippen LogP contribution is 2.41. The molecule has 4 aromatic carbocycles. The number of phenols is 2. The molecule has 0 radical (unpaired) electrons. The highest BCUT2D eigenvalue weighted by molar-refractivity contribution is 6.33. The molecule has 38 heavy (non-hydrogen) atoms. The van der Waals surface area contributed by atoms with Crippen LogP contribution in [0.25, 0.3) is 10.8 Å². The van der Waals surface area contributed by atoms with Crippen LogP contribution in [0.4, 0.5) is 0 Å². The Morgan fingerprint density at radius 1 is 0.474 bits per heavy atom. The predicted molar refractivity (Wildman–Crippen MR) is 138 cm³/mol. The average Bonchev–Trinajstić information content (AvgIpc) is 2.91. The normalized spacial score (nSPS) is 16.3. The molecule has 4 amide bonds. The van der Waals surface area contributed by atoms with Gasteiger partial charge in [-0.1, -0.05) is 24.3 Å². The van der Waals surface area contributed by atoms with Gasteiger partial charge in [0, 0.05) is 33.0 Å². The zero-order valence-electron chi connectivity index (χ0n) is 20.5. The fourth-order valence-electron chi connectivity index (χ4n) is 5.42. The maximum atomic E-state index is 13.6. The van der Waals surface area contributed by atoms with Crippen molar-refractivity contribution in [3.63, 3.8) is 0 Å². The summed E-state index contributed by atoms with van der Waals surface area (Å²) in [6.45, 7) is 3.46. The van der Waals surface area contributed by atoms with Gasteiger partial charge in [0.25, 0.3) is 23.6 Å². The fraction of sp³-hybridized carbons (Fsp3) is 0.133. The molecule has 2 N–H and O–H groups in total. The molecule has 2 aliphatic heterocycles. The van der Waals surface area contributed by atoms with Crippen LogP contribution in [0, 0.1) is 0 Å². The van der Waals surface area contributed by atoms with E-state index in [1.165, 1.54) is 48.5 Å². The minimum Gasteiger partial charge on any atom is -0.508 e. The van der Waals surface area contributed by atoms with Gasteiger partial charge in [0.15, 0.2) is 0 Å². The number of imide groups is 2. The monoisotopic (exact) mass is 506 g/mol. The van der Waals surface area contributed by atoms with Gasteiger partial charge in [0.2, 0.25) is 0 Å². The summed E-state index contributed by atoms with van der Waals surface area (Å²) in [5, 5.41) is 19.9. The van der Waals surface area contributed by atoms with Crippen molar-refractivity contribution in [3.05, 3.63) is 106 Å². The molecule has 0 saturated heterocycles. The Kier molecular flexibility index (Phi) is 5.10. The van der Waals surface area contributed by atoms with Crippen LogP contribution >= 0.6 is 0 Å². The number of nitrogens with zero attached hydrogens (tertiary/aromatic N) is 2. The van der Waals surface area contributed by atoms with Crippen molar-refractivity contribution < 1.29 is 29.4 Å². The fourth-order valence-corrected chi connectivity index (χ4v) is 5.42. The summed E-state index contributed by atoms with van der Waals surface area (Å²) < 4.78 is 0. The molecular formula is C30H22N2O6. The van der Waals surface area contributed by atoms with E-state index < -0.39 is 35.7 Å². The summed E-state index contributed by atoms with van der Waals surface area (Å²) in [5.74, 6) is -1.94. The third kappa shape index (κ3) is 3.23. The lowest BCUT2D eigenvalue weighted by atomic mass is 9.84. The summed E-state index contributed by atoms with van der Waals surface area (Å²) in [7, 11) is 0. The van der Waals surface area contributed by atoms with Gasteiger partial charge in [0.05, 0.1) is 12.1 Å². The molecule has 0 aliphatic carbocycles. The number of aromatic hydroxyl groups is 2. The number of rotatable bonds is 4. The summed E-state index contributed by atoms with van der Waals surface area (Å²) in [5.41, 5.74) is 2.31. The topological polar surface area (TPSA) is 115 Å². The number of carbonyl (C=O) groups excluding carboxylic acids is 4. The first-order valence-corrected chi connectivity index (χ1v) is 12.1. The van der Waals surface area contributed by atoms with Crippen molar-refractivity contribution in [2.75, 3.05) is 0 Å². The van der Waals surface area contributed by atoms with E-state index in [1.807, 2.05) is 0 Å². The molecule has 0 saturated carbocycles. The second-order valence-corrected chi connectivity index (χ2v) is 9.57. The first kappa shape index (κ1) is 23.4. The van der Waals surface area contributed by atoms with E-state index in [9.17, 15) is 29.4 Å². The Balaban J connectivity index is 1.46. The Morgan fingerprint density at radius 2 is 0.737 bits per heavy atom. The Morgan fingerprint density at radius 3 is 1.00 bits per heavy atom. The second-order valence-electron chi connectivity index (χ2n) is 9.57. The maximum Gasteiger partial charge on any atom is 0.261 e. The average molecular weight is 507 g/mol. The molecule has 4 aromatic rings.